The molecule has 0 heterocycles. The summed E-state index contributed by atoms with van der Waals surface area (Å²) >= 11 is 6.03. The zero-order valence-electron chi connectivity index (χ0n) is 17.0. The van der Waals surface area contributed by atoms with E-state index in [2.05, 4.69) is 21.3 Å². The standard InChI is InChI=1S/C21H22ClNO6S/c1-21(2,20(24)28-4)29-13-5-6-15-14-16(22)7-12-19(15)23-30(25,26)18-10-8-17(27-3)9-11-18/h7-12,14,23H,13H2,1-4H3. The van der Waals surface area contributed by atoms with Crippen LogP contribution in [0.25, 0.3) is 0 Å². The average molecular weight is 452 g/mol. The third-order valence-corrected chi connectivity index (χ3v) is 5.62. The maximum atomic E-state index is 12.7. The fourth-order valence-electron chi connectivity index (χ4n) is 2.32. The maximum Gasteiger partial charge on any atom is 0.337 e. The average Bonchev–Trinajstić information content (AvgIpc) is 2.72. The van der Waals surface area contributed by atoms with Crippen molar-refractivity contribution in [3.8, 4) is 17.6 Å². The number of carbonyl (C=O) groups excluding carboxylic acids is 1. The molecule has 7 nitrogen and oxygen atoms in total. The molecule has 0 aliphatic carbocycles. The molecule has 0 bridgehead atoms. The monoisotopic (exact) mass is 451 g/mol. The van der Waals surface area contributed by atoms with Gasteiger partial charge in [0.05, 0.1) is 30.4 Å². The van der Waals surface area contributed by atoms with Gasteiger partial charge in [-0.15, -0.1) is 0 Å². The van der Waals surface area contributed by atoms with Crippen LogP contribution in [0.2, 0.25) is 5.02 Å². The normalized spacial score (nSPS) is 11.2. The van der Waals surface area contributed by atoms with Crippen molar-refractivity contribution >= 4 is 33.3 Å². The Morgan fingerprint density at radius 2 is 1.80 bits per heavy atom. The molecule has 1 N–H and O–H groups in total. The van der Waals surface area contributed by atoms with Crippen LogP contribution in [0.15, 0.2) is 47.4 Å². The zero-order valence-corrected chi connectivity index (χ0v) is 18.6. The van der Waals surface area contributed by atoms with Gasteiger partial charge in [0, 0.05) is 5.02 Å². The molecule has 0 aliphatic rings. The van der Waals surface area contributed by atoms with Gasteiger partial charge in [-0.05, 0) is 56.3 Å². The van der Waals surface area contributed by atoms with Gasteiger partial charge in [0.2, 0.25) is 0 Å². The molecule has 0 atom stereocenters. The van der Waals surface area contributed by atoms with Crippen LogP contribution in [0, 0.1) is 11.8 Å². The molecule has 30 heavy (non-hydrogen) atoms. The first kappa shape index (κ1) is 23.5. The van der Waals surface area contributed by atoms with Gasteiger partial charge in [0.15, 0.2) is 5.60 Å². The number of anilines is 1. The van der Waals surface area contributed by atoms with E-state index in [0.29, 0.717) is 16.3 Å². The van der Waals surface area contributed by atoms with E-state index < -0.39 is 21.6 Å². The third-order valence-electron chi connectivity index (χ3n) is 4.00. The number of esters is 1. The molecular weight excluding hydrogens is 430 g/mol. The van der Waals surface area contributed by atoms with Crippen LogP contribution in [0.3, 0.4) is 0 Å². The maximum absolute atomic E-state index is 12.7. The number of hydrogen-bond acceptors (Lipinski definition) is 6. The van der Waals surface area contributed by atoms with Gasteiger partial charge in [0.1, 0.15) is 12.4 Å². The summed E-state index contributed by atoms with van der Waals surface area (Å²) in [6, 6.07) is 10.6. The molecule has 0 unspecified atom stereocenters. The number of hydrogen-bond donors (Lipinski definition) is 1. The molecule has 0 amide bonds. The van der Waals surface area contributed by atoms with E-state index in [9.17, 15) is 13.2 Å². The number of ether oxygens (including phenoxy) is 3. The molecule has 0 aliphatic heterocycles. The fourth-order valence-corrected chi connectivity index (χ4v) is 3.57. The molecule has 9 heteroatoms. The predicted octanol–water partition coefficient (Wildman–Crippen LogP) is 3.47. The highest BCUT2D eigenvalue weighted by atomic mass is 35.5. The second-order valence-corrected chi connectivity index (χ2v) is 8.68. The summed E-state index contributed by atoms with van der Waals surface area (Å²) in [5, 5.41) is 0.391. The van der Waals surface area contributed by atoms with Crippen molar-refractivity contribution < 1.29 is 27.4 Å². The summed E-state index contributed by atoms with van der Waals surface area (Å²) in [5.41, 5.74) is -0.537. The van der Waals surface area contributed by atoms with Gasteiger partial charge in [-0.3, -0.25) is 4.72 Å². The molecule has 2 aromatic rings. The van der Waals surface area contributed by atoms with Gasteiger partial charge in [-0.1, -0.05) is 23.4 Å². The Morgan fingerprint density at radius 1 is 1.13 bits per heavy atom. The molecule has 0 radical (unpaired) electrons. The third kappa shape index (κ3) is 6.13. The van der Waals surface area contributed by atoms with Gasteiger partial charge in [-0.2, -0.15) is 0 Å². The Morgan fingerprint density at radius 3 is 2.40 bits per heavy atom. The van der Waals surface area contributed by atoms with Crippen LogP contribution >= 0.6 is 11.6 Å². The molecule has 2 rings (SSSR count). The first-order valence-electron chi connectivity index (χ1n) is 8.77. The van der Waals surface area contributed by atoms with Gasteiger partial charge in [0.25, 0.3) is 10.0 Å². The van der Waals surface area contributed by atoms with E-state index in [0.717, 1.165) is 0 Å². The van der Waals surface area contributed by atoms with Crippen LogP contribution in [-0.4, -0.2) is 40.8 Å². The van der Waals surface area contributed by atoms with Crippen molar-refractivity contribution in [2.75, 3.05) is 25.5 Å². The minimum absolute atomic E-state index is 0.0697. The van der Waals surface area contributed by atoms with Crippen molar-refractivity contribution in [3.63, 3.8) is 0 Å². The first-order chi connectivity index (χ1) is 14.1. The second-order valence-electron chi connectivity index (χ2n) is 6.56. The lowest BCUT2D eigenvalue weighted by molar-refractivity contribution is -0.163. The Hall–Kier alpha value is -2.73. The lowest BCUT2D eigenvalue weighted by Gasteiger charge is -2.20. The molecule has 0 spiro atoms. The zero-order chi connectivity index (χ0) is 22.4. The summed E-state index contributed by atoms with van der Waals surface area (Å²) in [7, 11) is -1.08. The van der Waals surface area contributed by atoms with E-state index in [1.54, 1.807) is 32.0 Å². The largest absolute Gasteiger partial charge is 0.497 e. The smallest absolute Gasteiger partial charge is 0.337 e. The molecular formula is C21H22ClNO6S. The van der Waals surface area contributed by atoms with Crippen molar-refractivity contribution in [2.24, 2.45) is 0 Å². The minimum Gasteiger partial charge on any atom is -0.497 e. The SMILES string of the molecule is COC(=O)C(C)(C)OCC#Cc1cc(Cl)ccc1NS(=O)(=O)c1ccc(OC)cc1. The van der Waals surface area contributed by atoms with Crippen LogP contribution in [0.5, 0.6) is 5.75 Å². The van der Waals surface area contributed by atoms with Crippen LogP contribution in [-0.2, 0) is 24.3 Å². The van der Waals surface area contributed by atoms with Crippen molar-refractivity contribution in [3.05, 3.63) is 53.1 Å². The van der Waals surface area contributed by atoms with E-state index in [-0.39, 0.29) is 17.2 Å². The molecule has 2 aromatic carbocycles. The molecule has 0 aromatic heterocycles. The summed E-state index contributed by atoms with van der Waals surface area (Å²) < 4.78 is 43.0. The van der Waals surface area contributed by atoms with E-state index in [1.165, 1.54) is 38.5 Å². The van der Waals surface area contributed by atoms with E-state index >= 15 is 0 Å². The number of rotatable bonds is 7. The topological polar surface area (TPSA) is 90.9 Å². The van der Waals surface area contributed by atoms with Crippen LogP contribution in [0.4, 0.5) is 5.69 Å². The second kappa shape index (κ2) is 9.85. The van der Waals surface area contributed by atoms with Gasteiger partial charge >= 0.3 is 5.97 Å². The Bertz CT molecular complexity index is 1070. The fraction of sp³-hybridized carbons (Fsp3) is 0.286. The highest BCUT2D eigenvalue weighted by molar-refractivity contribution is 7.92. The lowest BCUT2D eigenvalue weighted by Crippen LogP contribution is -2.36. The summed E-state index contributed by atoms with van der Waals surface area (Å²) in [6.07, 6.45) is 0. The van der Waals surface area contributed by atoms with E-state index in [4.69, 9.17) is 21.1 Å². The predicted molar refractivity (Wildman–Crippen MR) is 114 cm³/mol. The molecule has 0 saturated carbocycles. The van der Waals surface area contributed by atoms with E-state index in [1.807, 2.05) is 0 Å². The molecule has 0 saturated heterocycles. The molecule has 0 fully saturated rings. The summed E-state index contributed by atoms with van der Waals surface area (Å²) in [5.74, 6) is 5.59. The summed E-state index contributed by atoms with van der Waals surface area (Å²) in [4.78, 5) is 11.7. The quantitative estimate of drug-likeness (QED) is 0.512. The number of methoxy groups -OCH3 is 2. The number of carbonyl (C=O) groups is 1. The minimum atomic E-state index is -3.85. The van der Waals surface area contributed by atoms with Crippen LogP contribution < -0.4 is 9.46 Å². The highest BCUT2D eigenvalue weighted by Crippen LogP contribution is 2.24. The van der Waals surface area contributed by atoms with Crippen LogP contribution in [0.1, 0.15) is 19.4 Å². The van der Waals surface area contributed by atoms with Gasteiger partial charge in [-0.25, -0.2) is 13.2 Å². The highest BCUT2D eigenvalue weighted by Gasteiger charge is 2.29. The Labute approximate surface area is 181 Å². The molecule has 160 valence electrons. The lowest BCUT2D eigenvalue weighted by atomic mass is 10.1. The number of sulfonamides is 1. The Balaban J connectivity index is 2.22. The number of halogens is 1. The Kier molecular flexibility index (Phi) is 7.73. The van der Waals surface area contributed by atoms with Crippen molar-refractivity contribution in [1.82, 2.24) is 0 Å². The first-order valence-corrected chi connectivity index (χ1v) is 10.6. The van der Waals surface area contributed by atoms with Crippen molar-refractivity contribution in [2.45, 2.75) is 24.3 Å². The van der Waals surface area contributed by atoms with Crippen molar-refractivity contribution in [1.29, 1.82) is 0 Å². The summed E-state index contributed by atoms with van der Waals surface area (Å²) in [6.45, 7) is 3.06. The number of benzene rings is 2. The number of nitrogens with one attached hydrogen (secondary N) is 1. The van der Waals surface area contributed by atoms with Gasteiger partial charge < -0.3 is 14.2 Å².